The Kier molecular flexibility index (Phi) is 7.45. The van der Waals surface area contributed by atoms with Gasteiger partial charge in [-0.2, -0.15) is 11.8 Å². The average molecular weight is 567 g/mol. The first-order valence-electron chi connectivity index (χ1n) is 14.1. The summed E-state index contributed by atoms with van der Waals surface area (Å²) in [6.45, 7) is 5.33. The van der Waals surface area contributed by atoms with Gasteiger partial charge in [0.05, 0.1) is 22.8 Å². The molecule has 4 heterocycles. The fourth-order valence-corrected chi connectivity index (χ4v) is 6.79. The molecule has 0 amide bonds. The highest BCUT2D eigenvalue weighted by molar-refractivity contribution is 7.99. The third kappa shape index (κ3) is 5.06. The predicted octanol–water partition coefficient (Wildman–Crippen LogP) is 6.34. The third-order valence-corrected chi connectivity index (χ3v) is 9.57. The van der Waals surface area contributed by atoms with Crippen molar-refractivity contribution in [1.82, 2.24) is 19.4 Å². The molecular formula is C33H34N4O3S. The maximum atomic E-state index is 13.6. The number of carbonyl (C=O) groups is 1. The summed E-state index contributed by atoms with van der Waals surface area (Å²) < 4.78 is 1.64. The summed E-state index contributed by atoms with van der Waals surface area (Å²) in [5.74, 6) is -0.991. The first-order chi connectivity index (χ1) is 19.9. The van der Waals surface area contributed by atoms with Gasteiger partial charge in [-0.3, -0.25) is 9.69 Å². The van der Waals surface area contributed by atoms with E-state index < -0.39 is 5.97 Å². The summed E-state index contributed by atoms with van der Waals surface area (Å²) in [4.78, 5) is 35.7. The summed E-state index contributed by atoms with van der Waals surface area (Å²) in [5.41, 5.74) is 7.25. The number of aryl methyl sites for hydroxylation is 2. The van der Waals surface area contributed by atoms with Crippen LogP contribution >= 0.6 is 11.8 Å². The van der Waals surface area contributed by atoms with Gasteiger partial charge in [-0.05, 0) is 79.1 Å². The maximum absolute atomic E-state index is 13.6. The number of thioether (sulfide) groups is 1. The minimum atomic E-state index is -0.991. The molecule has 3 aromatic heterocycles. The molecule has 7 nitrogen and oxygen atoms in total. The number of hydrogen-bond donors (Lipinski definition) is 2. The van der Waals surface area contributed by atoms with E-state index in [2.05, 4.69) is 51.5 Å². The molecule has 41 heavy (non-hydrogen) atoms. The van der Waals surface area contributed by atoms with Crippen molar-refractivity contribution in [3.63, 3.8) is 0 Å². The third-order valence-electron chi connectivity index (χ3n) is 8.43. The Balaban J connectivity index is 1.39. The van der Waals surface area contributed by atoms with Crippen molar-refractivity contribution in [2.75, 3.05) is 19.3 Å². The van der Waals surface area contributed by atoms with E-state index >= 15 is 0 Å². The fraction of sp³-hybridized carbons (Fsp3) is 0.303. The van der Waals surface area contributed by atoms with Gasteiger partial charge in [0.15, 0.2) is 0 Å². The predicted molar refractivity (Wildman–Crippen MR) is 168 cm³/mol. The Labute approximate surface area is 243 Å². The molecule has 0 atom stereocenters. The fourth-order valence-electron chi connectivity index (χ4n) is 6.10. The van der Waals surface area contributed by atoms with E-state index in [0.29, 0.717) is 17.5 Å². The molecule has 5 aromatic rings. The number of piperidine rings is 1. The van der Waals surface area contributed by atoms with Crippen molar-refractivity contribution in [2.24, 2.45) is 7.05 Å². The molecular weight excluding hydrogens is 532 g/mol. The lowest BCUT2D eigenvalue weighted by Crippen LogP contribution is -2.34. The molecule has 1 saturated heterocycles. The van der Waals surface area contributed by atoms with Crippen molar-refractivity contribution in [3.8, 4) is 22.4 Å². The van der Waals surface area contributed by atoms with Crippen LogP contribution in [-0.2, 0) is 20.0 Å². The van der Waals surface area contributed by atoms with Gasteiger partial charge in [0.2, 0.25) is 0 Å². The normalized spacial score (nSPS) is 14.7. The number of H-pyrrole nitrogens is 1. The molecule has 1 fully saturated rings. The monoisotopic (exact) mass is 566 g/mol. The van der Waals surface area contributed by atoms with Gasteiger partial charge >= 0.3 is 5.97 Å². The van der Waals surface area contributed by atoms with E-state index in [9.17, 15) is 14.7 Å². The summed E-state index contributed by atoms with van der Waals surface area (Å²) in [6.07, 6.45) is 7.14. The van der Waals surface area contributed by atoms with Gasteiger partial charge in [0.25, 0.3) is 5.56 Å². The molecule has 2 N–H and O–H groups in total. The number of nitrogens with one attached hydrogen (secondary N) is 1. The van der Waals surface area contributed by atoms with Gasteiger partial charge in [0.1, 0.15) is 5.65 Å². The number of fused-ring (bicyclic) bond motifs is 3. The molecule has 0 saturated carbocycles. The molecule has 8 heteroatoms. The number of nitrogens with zero attached hydrogens (tertiary/aromatic N) is 3. The molecule has 0 bridgehead atoms. The van der Waals surface area contributed by atoms with Gasteiger partial charge < -0.3 is 14.7 Å². The minimum Gasteiger partial charge on any atom is -0.478 e. The highest BCUT2D eigenvalue weighted by atomic mass is 32.2. The topological polar surface area (TPSA) is 91.2 Å². The number of pyridine rings is 2. The van der Waals surface area contributed by atoms with Crippen LogP contribution in [-0.4, -0.2) is 55.1 Å². The molecule has 1 aliphatic rings. The van der Waals surface area contributed by atoms with Crippen molar-refractivity contribution < 1.29 is 9.90 Å². The lowest BCUT2D eigenvalue weighted by Gasteiger charge is -2.31. The number of aromatic carboxylic acids is 1. The highest BCUT2D eigenvalue weighted by Crippen LogP contribution is 2.34. The van der Waals surface area contributed by atoms with Crippen LogP contribution in [0.2, 0.25) is 0 Å². The van der Waals surface area contributed by atoms with E-state index in [4.69, 9.17) is 0 Å². The molecule has 0 spiro atoms. The number of likely N-dealkylation sites (tertiary alicyclic amines) is 1. The minimum absolute atomic E-state index is 0.123. The maximum Gasteiger partial charge on any atom is 0.335 e. The summed E-state index contributed by atoms with van der Waals surface area (Å²) in [5, 5.41) is 12.1. The standard InChI is InChI=1S/C33H34N4O3S/c1-4-25-29(22-9-11-23(12-10-22)33(39)40)32(38)36(2)28-18-34-31-26(30(25)28)17-27(35-31)21-7-5-20(6-8-21)19-37-15-13-24(41-3)14-16-37/h5-12,17-18,24H,4,13-16,19H2,1-3H3,(H,34,35)(H,39,40). The number of carboxylic acid groups (broad SMARTS) is 1. The van der Waals surface area contributed by atoms with Crippen LogP contribution in [0.3, 0.4) is 0 Å². The number of carboxylic acids is 1. The van der Waals surface area contributed by atoms with Crippen LogP contribution in [0.25, 0.3) is 44.3 Å². The smallest absolute Gasteiger partial charge is 0.335 e. The van der Waals surface area contributed by atoms with E-state index in [0.717, 1.165) is 63.6 Å². The van der Waals surface area contributed by atoms with Crippen LogP contribution in [0.5, 0.6) is 0 Å². The molecule has 0 radical (unpaired) electrons. The second kappa shape index (κ2) is 11.2. The van der Waals surface area contributed by atoms with Crippen LogP contribution in [0.4, 0.5) is 0 Å². The zero-order valence-corrected chi connectivity index (χ0v) is 24.4. The second-order valence-corrected chi connectivity index (χ2v) is 12.0. The van der Waals surface area contributed by atoms with Crippen LogP contribution in [0.15, 0.2) is 65.6 Å². The molecule has 6 rings (SSSR count). The lowest BCUT2D eigenvalue weighted by molar-refractivity contribution is 0.0697. The van der Waals surface area contributed by atoms with Crippen LogP contribution in [0.1, 0.15) is 41.3 Å². The first kappa shape index (κ1) is 27.3. The van der Waals surface area contributed by atoms with E-state index in [1.165, 1.54) is 18.4 Å². The largest absolute Gasteiger partial charge is 0.478 e. The number of rotatable bonds is 7. The van der Waals surface area contributed by atoms with Gasteiger partial charge in [-0.15, -0.1) is 0 Å². The summed E-state index contributed by atoms with van der Waals surface area (Å²) in [7, 11) is 1.77. The second-order valence-electron chi connectivity index (χ2n) is 10.8. The number of hydrogen-bond acceptors (Lipinski definition) is 5. The molecule has 2 aromatic carbocycles. The lowest BCUT2D eigenvalue weighted by atomic mass is 9.94. The Bertz CT molecular complexity index is 1800. The molecule has 1 aliphatic heterocycles. The molecule has 0 aliphatic carbocycles. The van der Waals surface area contributed by atoms with Gasteiger partial charge in [-0.1, -0.05) is 43.3 Å². The zero-order chi connectivity index (χ0) is 28.7. The van der Waals surface area contributed by atoms with E-state index in [1.807, 2.05) is 18.7 Å². The quantitative estimate of drug-likeness (QED) is 0.239. The molecule has 0 unspecified atom stereocenters. The number of aromatic nitrogens is 3. The average Bonchev–Trinajstić information content (AvgIpc) is 3.44. The summed E-state index contributed by atoms with van der Waals surface area (Å²) in [6, 6.07) is 17.4. The van der Waals surface area contributed by atoms with Crippen LogP contribution in [0, 0.1) is 0 Å². The van der Waals surface area contributed by atoms with Crippen molar-refractivity contribution >= 4 is 39.7 Å². The Morgan fingerprint density at radius 1 is 1.07 bits per heavy atom. The highest BCUT2D eigenvalue weighted by Gasteiger charge is 2.21. The first-order valence-corrected chi connectivity index (χ1v) is 15.4. The Hall–Kier alpha value is -3.88. The number of aromatic amines is 1. The van der Waals surface area contributed by atoms with Crippen molar-refractivity contribution in [1.29, 1.82) is 0 Å². The summed E-state index contributed by atoms with van der Waals surface area (Å²) >= 11 is 1.99. The van der Waals surface area contributed by atoms with Crippen molar-refractivity contribution in [2.45, 2.75) is 38.0 Å². The van der Waals surface area contributed by atoms with Gasteiger partial charge in [0, 0.05) is 35.3 Å². The van der Waals surface area contributed by atoms with Crippen LogP contribution < -0.4 is 5.56 Å². The Morgan fingerprint density at radius 3 is 2.39 bits per heavy atom. The van der Waals surface area contributed by atoms with Gasteiger partial charge in [-0.25, -0.2) is 9.78 Å². The van der Waals surface area contributed by atoms with Crippen molar-refractivity contribution in [3.05, 3.63) is 87.8 Å². The van der Waals surface area contributed by atoms with E-state index in [-0.39, 0.29) is 11.1 Å². The zero-order valence-electron chi connectivity index (χ0n) is 23.6. The SMILES string of the molecule is CCc1c(-c2ccc(C(=O)O)cc2)c(=O)n(C)c2cnc3[nH]c(-c4ccc(CN5CCC(SC)CC5)cc4)cc3c12. The van der Waals surface area contributed by atoms with E-state index in [1.54, 1.807) is 42.1 Å². The Morgan fingerprint density at radius 2 is 1.76 bits per heavy atom. The molecule has 210 valence electrons. The number of benzene rings is 2.